The Kier molecular flexibility index (Phi) is 4.32. The van der Waals surface area contributed by atoms with E-state index in [1.165, 1.54) is 0 Å². The van der Waals surface area contributed by atoms with Crippen molar-refractivity contribution in [1.82, 2.24) is 19.9 Å². The highest BCUT2D eigenvalue weighted by Gasteiger charge is 2.12. The Labute approximate surface area is 150 Å². The van der Waals surface area contributed by atoms with Crippen LogP contribution in [0.4, 0.5) is 5.82 Å². The van der Waals surface area contributed by atoms with Crippen LogP contribution in [0.2, 0.25) is 0 Å². The summed E-state index contributed by atoms with van der Waals surface area (Å²) in [6.45, 7) is 3.00. The van der Waals surface area contributed by atoms with Crippen LogP contribution in [0, 0.1) is 0 Å². The Morgan fingerprint density at radius 1 is 1.23 bits per heavy atom. The maximum absolute atomic E-state index is 9.74. The van der Waals surface area contributed by atoms with Gasteiger partial charge in [-0.15, -0.1) is 0 Å². The zero-order chi connectivity index (χ0) is 18.1. The molecule has 0 radical (unpaired) electrons. The van der Waals surface area contributed by atoms with E-state index in [-0.39, 0.29) is 0 Å². The van der Waals surface area contributed by atoms with Gasteiger partial charge in [0.05, 0.1) is 17.6 Å². The molecule has 0 aliphatic rings. The second-order valence-electron chi connectivity index (χ2n) is 6.24. The highest BCUT2D eigenvalue weighted by atomic mass is 16.5. The number of pyridine rings is 1. The second-order valence-corrected chi connectivity index (χ2v) is 6.24. The van der Waals surface area contributed by atoms with Crippen LogP contribution in [-0.4, -0.2) is 45.3 Å². The molecule has 0 aliphatic heterocycles. The summed E-state index contributed by atoms with van der Waals surface area (Å²) in [5.74, 6) is 1.36. The highest BCUT2D eigenvalue weighted by molar-refractivity contribution is 5.96. The largest absolute Gasteiger partial charge is 0.385 e. The topological polar surface area (TPSA) is 98.8 Å². The number of anilines is 1. The van der Waals surface area contributed by atoms with E-state index in [0.29, 0.717) is 19.0 Å². The molecule has 1 aromatic carbocycles. The lowest BCUT2D eigenvalue weighted by Gasteiger charge is -2.09. The third-order valence-corrected chi connectivity index (χ3v) is 4.35. The van der Waals surface area contributed by atoms with Crippen molar-refractivity contribution in [2.45, 2.75) is 13.0 Å². The van der Waals surface area contributed by atoms with Crippen molar-refractivity contribution in [2.24, 2.45) is 0 Å². The summed E-state index contributed by atoms with van der Waals surface area (Å²) in [4.78, 5) is 15.4. The number of ether oxygens (including phenoxy) is 1. The Bertz CT molecular complexity index is 1050. The van der Waals surface area contributed by atoms with E-state index < -0.39 is 6.10 Å². The van der Waals surface area contributed by atoms with Crippen LogP contribution < -0.4 is 5.32 Å². The Morgan fingerprint density at radius 2 is 2.12 bits per heavy atom. The van der Waals surface area contributed by atoms with Gasteiger partial charge in [-0.2, -0.15) is 0 Å². The van der Waals surface area contributed by atoms with Crippen LogP contribution in [0.15, 0.2) is 36.5 Å². The van der Waals surface area contributed by atoms with Gasteiger partial charge in [-0.3, -0.25) is 0 Å². The fourth-order valence-electron chi connectivity index (χ4n) is 3.04. The lowest BCUT2D eigenvalue weighted by molar-refractivity contribution is 0.190. The summed E-state index contributed by atoms with van der Waals surface area (Å²) in [6, 6.07) is 10.1. The molecular formula is C19H21N5O2. The van der Waals surface area contributed by atoms with E-state index in [0.717, 1.165) is 39.0 Å². The number of imidazole rings is 1. The SMILES string of the molecule is COCCNc1cc(-c2ccc3nc(C(C)O)[nH]c3c2)c2cc[nH]c2n1. The van der Waals surface area contributed by atoms with E-state index in [9.17, 15) is 5.11 Å². The molecular weight excluding hydrogens is 330 g/mol. The summed E-state index contributed by atoms with van der Waals surface area (Å²) < 4.78 is 5.09. The van der Waals surface area contributed by atoms with Gasteiger partial charge in [0.2, 0.25) is 0 Å². The minimum atomic E-state index is -0.625. The van der Waals surface area contributed by atoms with Crippen molar-refractivity contribution < 1.29 is 9.84 Å². The van der Waals surface area contributed by atoms with Gasteiger partial charge in [0.15, 0.2) is 0 Å². The van der Waals surface area contributed by atoms with Crippen molar-refractivity contribution in [3.05, 3.63) is 42.4 Å². The molecule has 3 aromatic heterocycles. The van der Waals surface area contributed by atoms with Crippen LogP contribution in [0.25, 0.3) is 33.2 Å². The van der Waals surface area contributed by atoms with E-state index in [4.69, 9.17) is 4.74 Å². The number of H-pyrrole nitrogens is 2. The first-order valence-electron chi connectivity index (χ1n) is 8.55. The molecule has 4 rings (SSSR count). The lowest BCUT2D eigenvalue weighted by Crippen LogP contribution is -2.08. The first kappa shape index (κ1) is 16.6. The van der Waals surface area contributed by atoms with Crippen LogP contribution in [-0.2, 0) is 4.74 Å². The molecule has 0 saturated carbocycles. The molecule has 1 atom stereocenters. The summed E-state index contributed by atoms with van der Waals surface area (Å²) in [7, 11) is 1.68. The second kappa shape index (κ2) is 6.78. The molecule has 0 fully saturated rings. The van der Waals surface area contributed by atoms with Crippen LogP contribution in [0.5, 0.6) is 0 Å². The Morgan fingerprint density at radius 3 is 2.92 bits per heavy atom. The molecule has 7 nitrogen and oxygen atoms in total. The van der Waals surface area contributed by atoms with Crippen LogP contribution >= 0.6 is 0 Å². The van der Waals surface area contributed by atoms with Crippen molar-refractivity contribution in [1.29, 1.82) is 0 Å². The maximum Gasteiger partial charge on any atom is 0.140 e. The Hall–Kier alpha value is -2.90. The summed E-state index contributed by atoms with van der Waals surface area (Å²) in [6.07, 6.45) is 1.26. The standard InChI is InChI=1S/C19H21N5O2/c1-11(25)18-22-15-4-3-12(9-16(15)23-18)14-10-17(20-7-8-26-2)24-19-13(14)5-6-21-19/h3-6,9-11,25H,7-8H2,1-2H3,(H,22,23)(H2,20,21,24). The number of aromatic amines is 2. The Balaban J connectivity index is 1.79. The monoisotopic (exact) mass is 351 g/mol. The quantitative estimate of drug-likeness (QED) is 0.400. The van der Waals surface area contributed by atoms with Gasteiger partial charge in [0.25, 0.3) is 0 Å². The number of aromatic nitrogens is 4. The van der Waals surface area contributed by atoms with Crippen molar-refractivity contribution in [2.75, 3.05) is 25.6 Å². The molecule has 0 saturated heterocycles. The summed E-state index contributed by atoms with van der Waals surface area (Å²) in [5.41, 5.74) is 4.69. The smallest absolute Gasteiger partial charge is 0.140 e. The van der Waals surface area contributed by atoms with E-state index in [1.54, 1.807) is 14.0 Å². The van der Waals surface area contributed by atoms with Crippen molar-refractivity contribution >= 4 is 27.9 Å². The molecule has 7 heteroatoms. The average Bonchev–Trinajstić information content (AvgIpc) is 3.27. The number of hydrogen-bond donors (Lipinski definition) is 4. The van der Waals surface area contributed by atoms with Gasteiger partial charge in [-0.1, -0.05) is 6.07 Å². The van der Waals surface area contributed by atoms with Crippen LogP contribution in [0.1, 0.15) is 18.9 Å². The third-order valence-electron chi connectivity index (χ3n) is 4.35. The number of aliphatic hydroxyl groups excluding tert-OH is 1. The summed E-state index contributed by atoms with van der Waals surface area (Å²) >= 11 is 0. The molecule has 4 N–H and O–H groups in total. The number of nitrogens with zero attached hydrogens (tertiary/aromatic N) is 2. The van der Waals surface area contributed by atoms with Gasteiger partial charge in [-0.05, 0) is 42.3 Å². The van der Waals surface area contributed by atoms with Gasteiger partial charge >= 0.3 is 0 Å². The molecule has 0 amide bonds. The van der Waals surface area contributed by atoms with Crippen molar-refractivity contribution in [3.8, 4) is 11.1 Å². The minimum absolute atomic E-state index is 0.570. The molecule has 3 heterocycles. The normalized spacial score (nSPS) is 12.7. The van der Waals surface area contributed by atoms with E-state index in [2.05, 4.69) is 31.3 Å². The molecule has 0 spiro atoms. The first-order chi connectivity index (χ1) is 12.7. The molecule has 0 bridgehead atoms. The number of rotatable bonds is 6. The summed E-state index contributed by atoms with van der Waals surface area (Å²) in [5, 5.41) is 14.1. The van der Waals surface area contributed by atoms with Gasteiger partial charge < -0.3 is 25.1 Å². The fourth-order valence-corrected chi connectivity index (χ4v) is 3.04. The number of nitrogens with one attached hydrogen (secondary N) is 3. The lowest BCUT2D eigenvalue weighted by atomic mass is 10.0. The average molecular weight is 351 g/mol. The number of benzene rings is 1. The predicted octanol–water partition coefficient (Wildman–Crippen LogP) is 3.22. The van der Waals surface area contributed by atoms with Crippen molar-refractivity contribution in [3.63, 3.8) is 0 Å². The number of aliphatic hydroxyl groups is 1. The van der Waals surface area contributed by atoms with Crippen LogP contribution in [0.3, 0.4) is 0 Å². The molecule has 0 aliphatic carbocycles. The number of methoxy groups -OCH3 is 1. The first-order valence-corrected chi connectivity index (χ1v) is 8.55. The maximum atomic E-state index is 9.74. The zero-order valence-electron chi connectivity index (χ0n) is 14.7. The highest BCUT2D eigenvalue weighted by Crippen LogP contribution is 2.31. The number of hydrogen-bond acceptors (Lipinski definition) is 5. The molecule has 1 unspecified atom stereocenters. The van der Waals surface area contributed by atoms with Gasteiger partial charge in [-0.25, -0.2) is 9.97 Å². The minimum Gasteiger partial charge on any atom is -0.385 e. The fraction of sp³-hybridized carbons (Fsp3) is 0.263. The van der Waals surface area contributed by atoms with E-state index in [1.807, 2.05) is 30.5 Å². The number of fused-ring (bicyclic) bond motifs is 2. The molecule has 4 aromatic rings. The molecule has 134 valence electrons. The third kappa shape index (κ3) is 3.02. The molecule has 26 heavy (non-hydrogen) atoms. The van der Waals surface area contributed by atoms with Gasteiger partial charge in [0, 0.05) is 25.2 Å². The van der Waals surface area contributed by atoms with E-state index >= 15 is 0 Å². The zero-order valence-corrected chi connectivity index (χ0v) is 14.7. The van der Waals surface area contributed by atoms with Gasteiger partial charge in [0.1, 0.15) is 23.4 Å². The predicted molar refractivity (Wildman–Crippen MR) is 102 cm³/mol.